The molecule has 0 saturated carbocycles. The summed E-state index contributed by atoms with van der Waals surface area (Å²) in [7, 11) is 1.65. The molecule has 0 aliphatic carbocycles. The average molecular weight is 284 g/mol. The monoisotopic (exact) mass is 282 g/mol. The highest BCUT2D eigenvalue weighted by molar-refractivity contribution is 6.42. The Balaban J connectivity index is 2.95. The smallest absolute Gasteiger partial charge is 0.150 e. The maximum absolute atomic E-state index is 6.07. The van der Waals surface area contributed by atoms with Crippen molar-refractivity contribution < 1.29 is 4.74 Å². The summed E-state index contributed by atoms with van der Waals surface area (Å²) in [5, 5.41) is 1.11. The van der Waals surface area contributed by atoms with Crippen LogP contribution in [0.4, 0.5) is 5.82 Å². The third kappa shape index (κ3) is 3.39. The summed E-state index contributed by atoms with van der Waals surface area (Å²) in [6.07, 6.45) is 0. The molecule has 0 amide bonds. The van der Waals surface area contributed by atoms with Gasteiger partial charge in [0.15, 0.2) is 0 Å². The maximum Gasteiger partial charge on any atom is 0.150 e. The van der Waals surface area contributed by atoms with Crippen LogP contribution in [0.5, 0.6) is 0 Å². The third-order valence-electron chi connectivity index (χ3n) is 2.11. The molecule has 1 aromatic heterocycles. The molecule has 0 N–H and O–H groups in total. The summed E-state index contributed by atoms with van der Waals surface area (Å²) in [5.74, 6) is 0.635. The SMILES string of the molecule is CCN(CCOC)c1nc(Cl)c(Cl)cc1Cl. The summed E-state index contributed by atoms with van der Waals surface area (Å²) in [5.41, 5.74) is 0. The van der Waals surface area contributed by atoms with Crippen molar-refractivity contribution in [2.75, 3.05) is 31.7 Å². The second-order valence-corrected chi connectivity index (χ2v) is 4.31. The average Bonchev–Trinajstić information content (AvgIpc) is 2.26. The van der Waals surface area contributed by atoms with Gasteiger partial charge in [0.2, 0.25) is 0 Å². The molecule has 0 aliphatic rings. The number of nitrogens with zero attached hydrogens (tertiary/aromatic N) is 2. The first-order valence-corrected chi connectivity index (χ1v) is 5.99. The molecular weight excluding hydrogens is 270 g/mol. The fourth-order valence-electron chi connectivity index (χ4n) is 1.27. The molecule has 1 aromatic rings. The van der Waals surface area contributed by atoms with Gasteiger partial charge in [0, 0.05) is 20.2 Å². The van der Waals surface area contributed by atoms with Crippen LogP contribution >= 0.6 is 34.8 Å². The number of ether oxygens (including phenoxy) is 1. The van der Waals surface area contributed by atoms with E-state index in [-0.39, 0.29) is 5.15 Å². The number of anilines is 1. The molecule has 0 radical (unpaired) electrons. The Morgan fingerprint density at radius 2 is 2.00 bits per heavy atom. The maximum atomic E-state index is 6.07. The highest BCUT2D eigenvalue weighted by atomic mass is 35.5. The molecule has 0 spiro atoms. The van der Waals surface area contributed by atoms with Crippen molar-refractivity contribution in [1.82, 2.24) is 4.98 Å². The first-order chi connectivity index (χ1) is 7.60. The van der Waals surface area contributed by atoms with Gasteiger partial charge in [-0.05, 0) is 13.0 Å². The number of hydrogen-bond acceptors (Lipinski definition) is 3. The van der Waals surface area contributed by atoms with Crippen LogP contribution in [0, 0.1) is 0 Å². The van der Waals surface area contributed by atoms with Crippen molar-refractivity contribution in [1.29, 1.82) is 0 Å². The number of aromatic nitrogens is 1. The number of hydrogen-bond donors (Lipinski definition) is 0. The first-order valence-electron chi connectivity index (χ1n) is 4.85. The van der Waals surface area contributed by atoms with Gasteiger partial charge in [-0.25, -0.2) is 4.98 Å². The molecule has 16 heavy (non-hydrogen) atoms. The molecule has 0 unspecified atom stereocenters. The molecule has 0 atom stereocenters. The second-order valence-electron chi connectivity index (χ2n) is 3.14. The van der Waals surface area contributed by atoms with Crippen molar-refractivity contribution in [3.8, 4) is 0 Å². The molecule has 1 heterocycles. The fourth-order valence-corrected chi connectivity index (χ4v) is 1.88. The van der Waals surface area contributed by atoms with E-state index in [1.54, 1.807) is 13.2 Å². The van der Waals surface area contributed by atoms with Gasteiger partial charge in [0.1, 0.15) is 11.0 Å². The zero-order chi connectivity index (χ0) is 12.1. The van der Waals surface area contributed by atoms with Crippen LogP contribution in [-0.4, -0.2) is 31.8 Å². The van der Waals surface area contributed by atoms with E-state index in [2.05, 4.69) is 4.98 Å². The lowest BCUT2D eigenvalue weighted by Crippen LogP contribution is -2.28. The minimum atomic E-state index is 0.261. The van der Waals surface area contributed by atoms with Gasteiger partial charge in [-0.15, -0.1) is 0 Å². The van der Waals surface area contributed by atoms with Crippen LogP contribution in [0.25, 0.3) is 0 Å². The quantitative estimate of drug-likeness (QED) is 0.773. The number of likely N-dealkylation sites (N-methyl/N-ethyl adjacent to an activating group) is 1. The summed E-state index contributed by atoms with van der Waals surface area (Å²) in [6, 6.07) is 1.60. The molecule has 0 fully saturated rings. The topological polar surface area (TPSA) is 25.4 Å². The summed E-state index contributed by atoms with van der Waals surface area (Å²) >= 11 is 17.7. The Morgan fingerprint density at radius 3 is 2.56 bits per heavy atom. The minimum absolute atomic E-state index is 0.261. The highest BCUT2D eigenvalue weighted by Crippen LogP contribution is 2.30. The lowest BCUT2D eigenvalue weighted by atomic mass is 10.4. The van der Waals surface area contributed by atoms with Crippen molar-refractivity contribution in [2.45, 2.75) is 6.92 Å². The molecular formula is C10H13Cl3N2O. The normalized spacial score (nSPS) is 10.6. The Labute approximate surface area is 110 Å². The Morgan fingerprint density at radius 1 is 1.31 bits per heavy atom. The van der Waals surface area contributed by atoms with Crippen LogP contribution in [0.2, 0.25) is 15.2 Å². The number of rotatable bonds is 5. The molecule has 1 rings (SSSR count). The van der Waals surface area contributed by atoms with E-state index < -0.39 is 0 Å². The van der Waals surface area contributed by atoms with Crippen LogP contribution in [0.3, 0.4) is 0 Å². The van der Waals surface area contributed by atoms with Crippen molar-refractivity contribution in [3.05, 3.63) is 21.3 Å². The van der Waals surface area contributed by atoms with Gasteiger partial charge in [0.25, 0.3) is 0 Å². The van der Waals surface area contributed by atoms with Gasteiger partial charge in [-0.3, -0.25) is 0 Å². The van der Waals surface area contributed by atoms with Crippen LogP contribution in [0.15, 0.2) is 6.07 Å². The number of methoxy groups -OCH3 is 1. The second kappa shape index (κ2) is 6.50. The van der Waals surface area contributed by atoms with Gasteiger partial charge in [0.05, 0.1) is 16.7 Å². The van der Waals surface area contributed by atoms with Crippen molar-refractivity contribution in [2.24, 2.45) is 0 Å². The highest BCUT2D eigenvalue weighted by Gasteiger charge is 2.13. The summed E-state index contributed by atoms with van der Waals surface area (Å²) in [4.78, 5) is 6.15. The van der Waals surface area contributed by atoms with Crippen LogP contribution in [0.1, 0.15) is 6.92 Å². The fraction of sp³-hybridized carbons (Fsp3) is 0.500. The molecule has 3 nitrogen and oxygen atoms in total. The van der Waals surface area contributed by atoms with E-state index in [1.807, 2.05) is 11.8 Å². The van der Waals surface area contributed by atoms with Crippen molar-refractivity contribution in [3.63, 3.8) is 0 Å². The Bertz CT molecular complexity index is 360. The summed E-state index contributed by atoms with van der Waals surface area (Å²) < 4.78 is 5.02. The minimum Gasteiger partial charge on any atom is -0.383 e. The molecule has 6 heteroatoms. The standard InChI is InChI=1S/C10H13Cl3N2O/c1-3-15(4-5-16-2)10-8(12)6-7(11)9(13)14-10/h6H,3-5H2,1-2H3. The third-order valence-corrected chi connectivity index (χ3v) is 3.07. The van der Waals surface area contributed by atoms with E-state index in [0.717, 1.165) is 6.54 Å². The summed E-state index contributed by atoms with van der Waals surface area (Å²) in [6.45, 7) is 4.09. The lowest BCUT2D eigenvalue weighted by Gasteiger charge is -2.22. The zero-order valence-corrected chi connectivity index (χ0v) is 11.4. The predicted molar refractivity (Wildman–Crippen MR) is 69.0 cm³/mol. The zero-order valence-electron chi connectivity index (χ0n) is 9.14. The van der Waals surface area contributed by atoms with Crippen molar-refractivity contribution >= 4 is 40.6 Å². The van der Waals surface area contributed by atoms with Gasteiger partial charge >= 0.3 is 0 Å². The van der Waals surface area contributed by atoms with E-state index in [4.69, 9.17) is 39.5 Å². The number of pyridine rings is 1. The Kier molecular flexibility index (Phi) is 5.62. The molecule has 0 bridgehead atoms. The molecule has 0 aromatic carbocycles. The first kappa shape index (κ1) is 13.8. The predicted octanol–water partition coefficient (Wildman–Crippen LogP) is 3.51. The largest absolute Gasteiger partial charge is 0.383 e. The lowest BCUT2D eigenvalue weighted by molar-refractivity contribution is 0.205. The van der Waals surface area contributed by atoms with E-state index in [1.165, 1.54) is 0 Å². The van der Waals surface area contributed by atoms with Gasteiger partial charge < -0.3 is 9.64 Å². The number of halogens is 3. The molecule has 0 aliphatic heterocycles. The molecule has 0 saturated heterocycles. The van der Waals surface area contributed by atoms with E-state index in [9.17, 15) is 0 Å². The van der Waals surface area contributed by atoms with Crippen LogP contribution in [-0.2, 0) is 4.74 Å². The Hall–Kier alpha value is -0.220. The van der Waals surface area contributed by atoms with E-state index >= 15 is 0 Å². The van der Waals surface area contributed by atoms with Gasteiger partial charge in [-0.2, -0.15) is 0 Å². The van der Waals surface area contributed by atoms with Crippen LogP contribution < -0.4 is 4.90 Å². The molecule has 90 valence electrons. The van der Waals surface area contributed by atoms with E-state index in [0.29, 0.717) is 29.0 Å². The van der Waals surface area contributed by atoms with Gasteiger partial charge in [-0.1, -0.05) is 34.8 Å².